The van der Waals surface area contributed by atoms with Gasteiger partial charge in [0.05, 0.1) is 6.61 Å². The number of hydrogen-bond donors (Lipinski definition) is 0. The molecule has 0 atom stereocenters. The fraction of sp³-hybridized carbons (Fsp3) is 1.00. The summed E-state index contributed by atoms with van der Waals surface area (Å²) in [6.45, 7) is 18.2. The average Bonchev–Trinajstić information content (AvgIpc) is 2.34. The molecule has 0 N–H and O–H groups in total. The van der Waals surface area contributed by atoms with E-state index < -0.39 is 0 Å². The van der Waals surface area contributed by atoms with Crippen LogP contribution >= 0.6 is 0 Å². The maximum atomic E-state index is 5.72. The zero-order valence-electron chi connectivity index (χ0n) is 13.5. The van der Waals surface area contributed by atoms with Crippen LogP contribution in [-0.2, 0) is 4.74 Å². The highest BCUT2D eigenvalue weighted by atomic mass is 16.5. The lowest BCUT2D eigenvalue weighted by molar-refractivity contribution is 0.0702. The molecule has 3 heteroatoms. The van der Waals surface area contributed by atoms with Crippen molar-refractivity contribution in [2.75, 3.05) is 52.5 Å². The highest BCUT2D eigenvalue weighted by Crippen LogP contribution is 2.06. The van der Waals surface area contributed by atoms with E-state index in [2.05, 4.69) is 37.5 Å². The molecule has 0 aromatic rings. The van der Waals surface area contributed by atoms with E-state index in [0.717, 1.165) is 31.6 Å². The SMILES string of the molecule is C.CC(C)CCCOCCN1CCN(CC(C)C)CC1. The number of rotatable bonds is 9. The van der Waals surface area contributed by atoms with Crippen LogP contribution in [-0.4, -0.2) is 62.3 Å². The highest BCUT2D eigenvalue weighted by molar-refractivity contribution is 4.72. The van der Waals surface area contributed by atoms with Crippen molar-refractivity contribution >= 4 is 0 Å². The van der Waals surface area contributed by atoms with Crippen LogP contribution in [0.4, 0.5) is 0 Å². The van der Waals surface area contributed by atoms with Crippen molar-refractivity contribution in [3.05, 3.63) is 0 Å². The Bertz CT molecular complexity index is 211. The maximum absolute atomic E-state index is 5.72. The van der Waals surface area contributed by atoms with E-state index in [0.29, 0.717) is 0 Å². The molecule has 1 aliphatic rings. The lowest BCUT2D eigenvalue weighted by Gasteiger charge is -2.35. The standard InChI is InChI=1S/C16H34N2O.CH4/c1-15(2)6-5-12-19-13-11-17-7-9-18(10-8-17)14-16(3)4;/h15-16H,5-14H2,1-4H3;1H4. The summed E-state index contributed by atoms with van der Waals surface area (Å²) < 4.78 is 5.72. The molecule has 0 spiro atoms. The monoisotopic (exact) mass is 286 g/mol. The van der Waals surface area contributed by atoms with E-state index in [1.54, 1.807) is 0 Å². The van der Waals surface area contributed by atoms with Crippen LogP contribution in [0, 0.1) is 11.8 Å². The van der Waals surface area contributed by atoms with Crippen molar-refractivity contribution in [1.82, 2.24) is 9.80 Å². The summed E-state index contributed by atoms with van der Waals surface area (Å²) >= 11 is 0. The summed E-state index contributed by atoms with van der Waals surface area (Å²) in [6.07, 6.45) is 2.49. The number of piperazine rings is 1. The van der Waals surface area contributed by atoms with Gasteiger partial charge in [0.1, 0.15) is 0 Å². The molecule has 0 aromatic carbocycles. The molecular weight excluding hydrogens is 248 g/mol. The molecule has 0 bridgehead atoms. The van der Waals surface area contributed by atoms with Gasteiger partial charge in [-0.25, -0.2) is 0 Å². The molecular formula is C17H38N2O. The Morgan fingerprint density at radius 3 is 2.00 bits per heavy atom. The average molecular weight is 287 g/mol. The van der Waals surface area contributed by atoms with Gasteiger partial charge in [-0.05, 0) is 24.7 Å². The zero-order chi connectivity index (χ0) is 14.1. The molecule has 0 aliphatic carbocycles. The maximum Gasteiger partial charge on any atom is 0.0593 e. The van der Waals surface area contributed by atoms with Crippen molar-refractivity contribution in [3.63, 3.8) is 0 Å². The van der Waals surface area contributed by atoms with E-state index in [1.165, 1.54) is 45.6 Å². The van der Waals surface area contributed by atoms with Gasteiger partial charge in [0.25, 0.3) is 0 Å². The van der Waals surface area contributed by atoms with E-state index in [-0.39, 0.29) is 7.43 Å². The second-order valence-corrected chi connectivity index (χ2v) is 6.68. The van der Waals surface area contributed by atoms with Crippen LogP contribution in [0.25, 0.3) is 0 Å². The van der Waals surface area contributed by atoms with Crippen LogP contribution in [0.3, 0.4) is 0 Å². The molecule has 122 valence electrons. The first kappa shape index (κ1) is 19.9. The van der Waals surface area contributed by atoms with Gasteiger partial charge in [0.2, 0.25) is 0 Å². The summed E-state index contributed by atoms with van der Waals surface area (Å²) in [7, 11) is 0. The second kappa shape index (κ2) is 11.5. The summed E-state index contributed by atoms with van der Waals surface area (Å²) in [4.78, 5) is 5.13. The fourth-order valence-corrected chi connectivity index (χ4v) is 2.60. The van der Waals surface area contributed by atoms with Gasteiger partial charge in [-0.15, -0.1) is 0 Å². The molecule has 20 heavy (non-hydrogen) atoms. The van der Waals surface area contributed by atoms with Gasteiger partial charge in [-0.1, -0.05) is 35.1 Å². The Morgan fingerprint density at radius 1 is 0.850 bits per heavy atom. The Labute approximate surface area is 127 Å². The molecule has 0 saturated carbocycles. The lowest BCUT2D eigenvalue weighted by atomic mass is 10.1. The predicted molar refractivity (Wildman–Crippen MR) is 89.3 cm³/mol. The van der Waals surface area contributed by atoms with E-state index in [9.17, 15) is 0 Å². The smallest absolute Gasteiger partial charge is 0.0593 e. The minimum Gasteiger partial charge on any atom is -0.380 e. The van der Waals surface area contributed by atoms with Gasteiger partial charge >= 0.3 is 0 Å². The van der Waals surface area contributed by atoms with E-state index in [4.69, 9.17) is 4.74 Å². The molecule has 1 heterocycles. The molecule has 0 aromatic heterocycles. The van der Waals surface area contributed by atoms with E-state index >= 15 is 0 Å². The molecule has 0 unspecified atom stereocenters. The highest BCUT2D eigenvalue weighted by Gasteiger charge is 2.16. The third-order valence-electron chi connectivity index (χ3n) is 3.71. The Balaban J connectivity index is 0.00000361. The summed E-state index contributed by atoms with van der Waals surface area (Å²) in [5.74, 6) is 1.59. The molecule has 1 saturated heterocycles. The summed E-state index contributed by atoms with van der Waals surface area (Å²) in [5.41, 5.74) is 0. The molecule has 3 nitrogen and oxygen atoms in total. The van der Waals surface area contributed by atoms with Gasteiger partial charge in [0.15, 0.2) is 0 Å². The first-order valence-corrected chi connectivity index (χ1v) is 8.10. The van der Waals surface area contributed by atoms with Crippen molar-refractivity contribution in [2.24, 2.45) is 11.8 Å². The third-order valence-corrected chi connectivity index (χ3v) is 3.71. The fourth-order valence-electron chi connectivity index (χ4n) is 2.60. The van der Waals surface area contributed by atoms with Gasteiger partial charge in [0, 0.05) is 45.9 Å². The zero-order valence-corrected chi connectivity index (χ0v) is 13.5. The summed E-state index contributed by atoms with van der Waals surface area (Å²) in [6, 6.07) is 0. The van der Waals surface area contributed by atoms with Crippen LogP contribution in [0.1, 0.15) is 48.0 Å². The Hall–Kier alpha value is -0.120. The van der Waals surface area contributed by atoms with Gasteiger partial charge in [-0.3, -0.25) is 4.90 Å². The van der Waals surface area contributed by atoms with E-state index in [1.807, 2.05) is 0 Å². The van der Waals surface area contributed by atoms with Crippen molar-refractivity contribution < 1.29 is 4.74 Å². The van der Waals surface area contributed by atoms with Crippen molar-refractivity contribution in [3.8, 4) is 0 Å². The van der Waals surface area contributed by atoms with Crippen molar-refractivity contribution in [2.45, 2.75) is 48.0 Å². The Morgan fingerprint density at radius 2 is 1.45 bits per heavy atom. The van der Waals surface area contributed by atoms with Crippen LogP contribution < -0.4 is 0 Å². The number of hydrogen-bond acceptors (Lipinski definition) is 3. The number of nitrogens with zero attached hydrogens (tertiary/aromatic N) is 2. The third kappa shape index (κ3) is 9.73. The quantitative estimate of drug-likeness (QED) is 0.605. The largest absolute Gasteiger partial charge is 0.380 e. The van der Waals surface area contributed by atoms with Gasteiger partial charge in [-0.2, -0.15) is 0 Å². The molecule has 0 amide bonds. The molecule has 0 radical (unpaired) electrons. The Kier molecular flexibility index (Phi) is 11.5. The van der Waals surface area contributed by atoms with Gasteiger partial charge < -0.3 is 9.64 Å². The lowest BCUT2D eigenvalue weighted by Crippen LogP contribution is -2.48. The van der Waals surface area contributed by atoms with Crippen LogP contribution in [0.2, 0.25) is 0 Å². The van der Waals surface area contributed by atoms with Crippen molar-refractivity contribution in [1.29, 1.82) is 0 Å². The first-order valence-electron chi connectivity index (χ1n) is 8.10. The second-order valence-electron chi connectivity index (χ2n) is 6.68. The normalized spacial score (nSPS) is 17.7. The topological polar surface area (TPSA) is 15.7 Å². The van der Waals surface area contributed by atoms with Crippen LogP contribution in [0.5, 0.6) is 0 Å². The first-order chi connectivity index (χ1) is 9.08. The molecule has 1 rings (SSSR count). The predicted octanol–water partition coefficient (Wildman–Crippen LogP) is 3.35. The molecule has 1 fully saturated rings. The minimum atomic E-state index is 0. The minimum absolute atomic E-state index is 0. The summed E-state index contributed by atoms with van der Waals surface area (Å²) in [5, 5.41) is 0. The molecule has 1 aliphatic heterocycles. The van der Waals surface area contributed by atoms with Crippen LogP contribution in [0.15, 0.2) is 0 Å². The number of ether oxygens (including phenoxy) is 1.